The van der Waals surface area contributed by atoms with Crippen molar-refractivity contribution in [2.75, 3.05) is 19.8 Å². The van der Waals surface area contributed by atoms with E-state index in [9.17, 15) is 9.59 Å². The summed E-state index contributed by atoms with van der Waals surface area (Å²) < 4.78 is 11.0. The van der Waals surface area contributed by atoms with Gasteiger partial charge in [0.25, 0.3) is 5.91 Å². The van der Waals surface area contributed by atoms with Crippen LogP contribution in [0.2, 0.25) is 0 Å². The summed E-state index contributed by atoms with van der Waals surface area (Å²) in [4.78, 5) is 23.2. The summed E-state index contributed by atoms with van der Waals surface area (Å²) in [5.41, 5.74) is 0.443. The second-order valence-electron chi connectivity index (χ2n) is 4.67. The van der Waals surface area contributed by atoms with Gasteiger partial charge in [0.15, 0.2) is 0 Å². The second-order valence-corrected chi connectivity index (χ2v) is 4.67. The molecule has 0 spiro atoms. The lowest BCUT2D eigenvalue weighted by Gasteiger charge is -2.14. The van der Waals surface area contributed by atoms with E-state index in [0.29, 0.717) is 37.6 Å². The van der Waals surface area contributed by atoms with Crippen LogP contribution in [0.5, 0.6) is 5.75 Å². The highest BCUT2D eigenvalue weighted by molar-refractivity contribution is 5.98. The number of hydrogen-bond donors (Lipinski definition) is 1. The van der Waals surface area contributed by atoms with Gasteiger partial charge in [0, 0.05) is 6.61 Å². The van der Waals surface area contributed by atoms with Gasteiger partial charge in [-0.2, -0.15) is 0 Å². The zero-order valence-electron chi connectivity index (χ0n) is 11.3. The first kappa shape index (κ1) is 14.5. The van der Waals surface area contributed by atoms with E-state index in [1.165, 1.54) is 0 Å². The number of rotatable bonds is 1. The first-order valence-corrected chi connectivity index (χ1v) is 6.87. The average molecular weight is 277 g/mol. The molecule has 0 aromatic heterocycles. The average Bonchev–Trinajstić information content (AvgIpc) is 2.49. The highest BCUT2D eigenvalue weighted by atomic mass is 16.5. The van der Waals surface area contributed by atoms with Crippen LogP contribution in [0.15, 0.2) is 24.3 Å². The van der Waals surface area contributed by atoms with E-state index in [2.05, 4.69) is 5.32 Å². The van der Waals surface area contributed by atoms with Crippen molar-refractivity contribution in [3.8, 4) is 5.75 Å². The van der Waals surface area contributed by atoms with Gasteiger partial charge in [-0.3, -0.25) is 4.79 Å². The number of aldehydes is 1. The Morgan fingerprint density at radius 2 is 2.00 bits per heavy atom. The Morgan fingerprint density at radius 1 is 1.15 bits per heavy atom. The molecule has 0 fully saturated rings. The molecule has 0 radical (unpaired) electrons. The van der Waals surface area contributed by atoms with Gasteiger partial charge in [-0.15, -0.1) is 0 Å². The molecular weight excluding hydrogens is 258 g/mol. The van der Waals surface area contributed by atoms with Gasteiger partial charge in [0.2, 0.25) is 0 Å². The lowest BCUT2D eigenvalue weighted by Crippen LogP contribution is -2.36. The number of hydrogen-bond acceptors (Lipinski definition) is 4. The summed E-state index contributed by atoms with van der Waals surface area (Å²) in [7, 11) is 0. The molecule has 0 saturated carbocycles. The summed E-state index contributed by atoms with van der Waals surface area (Å²) in [6, 6.07) is 6.54. The second kappa shape index (κ2) is 7.65. The number of ether oxygens (including phenoxy) is 2. The van der Waals surface area contributed by atoms with Crippen LogP contribution in [0.25, 0.3) is 0 Å². The van der Waals surface area contributed by atoms with Crippen molar-refractivity contribution in [3.05, 3.63) is 29.8 Å². The topological polar surface area (TPSA) is 64.6 Å². The minimum absolute atomic E-state index is 0.280. The Kier molecular flexibility index (Phi) is 5.55. The molecule has 108 valence electrons. The predicted molar refractivity (Wildman–Crippen MR) is 73.9 cm³/mol. The summed E-state index contributed by atoms with van der Waals surface area (Å²) in [5.74, 6) is 0.232. The fourth-order valence-corrected chi connectivity index (χ4v) is 2.08. The summed E-state index contributed by atoms with van der Waals surface area (Å²) in [5, 5.41) is 2.73. The van der Waals surface area contributed by atoms with E-state index in [1.807, 2.05) is 6.07 Å². The Balaban J connectivity index is 2.16. The standard InChI is InChI=1S/C15H19NO4/c17-11-12-5-3-4-8-19-9-10-20-14-7-2-1-6-13(14)15(18)16-12/h1-2,6-7,11-12H,3-5,8-10H2,(H,16,18). The fourth-order valence-electron chi connectivity index (χ4n) is 2.08. The molecule has 1 N–H and O–H groups in total. The van der Waals surface area contributed by atoms with E-state index >= 15 is 0 Å². The Labute approximate surface area is 118 Å². The van der Waals surface area contributed by atoms with Crippen molar-refractivity contribution in [2.45, 2.75) is 25.3 Å². The van der Waals surface area contributed by atoms with Crippen molar-refractivity contribution in [2.24, 2.45) is 0 Å². The molecule has 20 heavy (non-hydrogen) atoms. The molecule has 2 rings (SSSR count). The molecule has 1 aliphatic rings. The lowest BCUT2D eigenvalue weighted by molar-refractivity contribution is -0.109. The third-order valence-corrected chi connectivity index (χ3v) is 3.15. The highest BCUT2D eigenvalue weighted by Crippen LogP contribution is 2.18. The minimum atomic E-state index is -0.462. The molecule has 1 atom stereocenters. The molecule has 1 aromatic rings. The van der Waals surface area contributed by atoms with E-state index in [0.717, 1.165) is 19.1 Å². The van der Waals surface area contributed by atoms with E-state index in [1.54, 1.807) is 18.2 Å². The van der Waals surface area contributed by atoms with Gasteiger partial charge in [0.1, 0.15) is 18.6 Å². The molecule has 5 heteroatoms. The Bertz CT molecular complexity index is 461. The maximum Gasteiger partial charge on any atom is 0.255 e. The predicted octanol–water partition coefficient (Wildman–Crippen LogP) is 1.56. The van der Waals surface area contributed by atoms with Gasteiger partial charge in [-0.1, -0.05) is 12.1 Å². The largest absolute Gasteiger partial charge is 0.490 e. The monoisotopic (exact) mass is 277 g/mol. The smallest absolute Gasteiger partial charge is 0.255 e. The number of fused-ring (bicyclic) bond motifs is 1. The molecule has 1 unspecified atom stereocenters. The number of amides is 1. The molecule has 1 amide bonds. The summed E-state index contributed by atoms with van der Waals surface area (Å²) in [6.45, 7) is 1.54. The van der Waals surface area contributed by atoms with Crippen molar-refractivity contribution in [1.82, 2.24) is 5.32 Å². The number of nitrogens with one attached hydrogen (secondary N) is 1. The normalized spacial score (nSPS) is 21.2. The summed E-state index contributed by atoms with van der Waals surface area (Å²) in [6.07, 6.45) is 3.11. The molecule has 5 nitrogen and oxygen atoms in total. The Hall–Kier alpha value is -1.88. The first-order valence-electron chi connectivity index (χ1n) is 6.87. The lowest BCUT2D eigenvalue weighted by atomic mass is 10.1. The van der Waals surface area contributed by atoms with Crippen molar-refractivity contribution in [3.63, 3.8) is 0 Å². The van der Waals surface area contributed by atoms with Gasteiger partial charge in [-0.25, -0.2) is 0 Å². The molecule has 1 heterocycles. The van der Waals surface area contributed by atoms with Crippen molar-refractivity contribution in [1.29, 1.82) is 0 Å². The molecule has 1 aliphatic heterocycles. The van der Waals surface area contributed by atoms with Crippen molar-refractivity contribution < 1.29 is 19.1 Å². The SMILES string of the molecule is O=CC1CCCCOCCOc2ccccc2C(=O)N1. The molecule has 1 aromatic carbocycles. The minimum Gasteiger partial charge on any atom is -0.490 e. The molecule has 0 saturated heterocycles. The van der Waals surface area contributed by atoms with Gasteiger partial charge >= 0.3 is 0 Å². The highest BCUT2D eigenvalue weighted by Gasteiger charge is 2.16. The maximum atomic E-state index is 12.2. The summed E-state index contributed by atoms with van der Waals surface area (Å²) >= 11 is 0. The first-order chi connectivity index (χ1) is 9.81. The van der Waals surface area contributed by atoms with Crippen LogP contribution < -0.4 is 10.1 Å². The molecule has 0 aliphatic carbocycles. The third-order valence-electron chi connectivity index (χ3n) is 3.15. The van der Waals surface area contributed by atoms with E-state index < -0.39 is 6.04 Å². The number of benzene rings is 1. The zero-order valence-corrected chi connectivity index (χ0v) is 11.3. The van der Waals surface area contributed by atoms with Crippen LogP contribution in [0.3, 0.4) is 0 Å². The van der Waals surface area contributed by atoms with Gasteiger partial charge in [-0.05, 0) is 31.4 Å². The van der Waals surface area contributed by atoms with Crippen LogP contribution in [-0.4, -0.2) is 38.1 Å². The van der Waals surface area contributed by atoms with Crippen LogP contribution in [-0.2, 0) is 9.53 Å². The van der Waals surface area contributed by atoms with Crippen LogP contribution in [0.1, 0.15) is 29.6 Å². The number of carbonyl (C=O) groups excluding carboxylic acids is 2. The number of para-hydroxylation sites is 1. The maximum absolute atomic E-state index is 12.2. The molecular formula is C15H19NO4. The quantitative estimate of drug-likeness (QED) is 0.791. The van der Waals surface area contributed by atoms with E-state index in [-0.39, 0.29) is 5.91 Å². The van der Waals surface area contributed by atoms with Crippen LogP contribution in [0.4, 0.5) is 0 Å². The van der Waals surface area contributed by atoms with Gasteiger partial charge < -0.3 is 19.6 Å². The van der Waals surface area contributed by atoms with Gasteiger partial charge in [0.05, 0.1) is 18.2 Å². The Morgan fingerprint density at radius 3 is 2.85 bits per heavy atom. The van der Waals surface area contributed by atoms with Crippen LogP contribution in [0, 0.1) is 0 Å². The van der Waals surface area contributed by atoms with E-state index in [4.69, 9.17) is 9.47 Å². The molecule has 0 bridgehead atoms. The number of carbonyl (C=O) groups is 2. The fraction of sp³-hybridized carbons (Fsp3) is 0.467. The third kappa shape index (κ3) is 4.06. The van der Waals surface area contributed by atoms with Crippen LogP contribution >= 0.6 is 0 Å². The zero-order chi connectivity index (χ0) is 14.2. The van der Waals surface area contributed by atoms with Crippen molar-refractivity contribution >= 4 is 12.2 Å².